The van der Waals surface area contributed by atoms with Gasteiger partial charge in [-0.05, 0) is 23.8 Å². The molecule has 2 heterocycles. The van der Waals surface area contributed by atoms with E-state index in [0.717, 1.165) is 11.3 Å². The molecule has 5 nitrogen and oxygen atoms in total. The van der Waals surface area contributed by atoms with Gasteiger partial charge >= 0.3 is 0 Å². The van der Waals surface area contributed by atoms with Crippen molar-refractivity contribution in [1.29, 1.82) is 0 Å². The number of hydrogen-bond acceptors (Lipinski definition) is 4. The fourth-order valence-corrected chi connectivity index (χ4v) is 2.10. The molecule has 0 saturated carbocycles. The standard InChI is InChI=1S/C13H12N4O/c18-13(16-12-6-3-7-15-17-12)10-8-14-11-5-2-1-4-9(10)11/h1-7,10,14H,8H2,(H,16,17,18). The van der Waals surface area contributed by atoms with E-state index in [1.54, 1.807) is 18.3 Å². The van der Waals surface area contributed by atoms with E-state index in [-0.39, 0.29) is 11.8 Å². The lowest BCUT2D eigenvalue weighted by molar-refractivity contribution is -0.117. The largest absolute Gasteiger partial charge is 0.384 e. The summed E-state index contributed by atoms with van der Waals surface area (Å²) in [5, 5.41) is 13.6. The van der Waals surface area contributed by atoms with Crippen LogP contribution in [0, 0.1) is 0 Å². The molecule has 2 N–H and O–H groups in total. The molecule has 1 atom stereocenters. The van der Waals surface area contributed by atoms with Crippen LogP contribution in [0.4, 0.5) is 11.5 Å². The molecule has 0 fully saturated rings. The number of benzene rings is 1. The Morgan fingerprint density at radius 3 is 3.00 bits per heavy atom. The maximum atomic E-state index is 12.2. The molecule has 1 aromatic carbocycles. The van der Waals surface area contributed by atoms with Crippen LogP contribution in [0.3, 0.4) is 0 Å². The summed E-state index contributed by atoms with van der Waals surface area (Å²) in [5.41, 5.74) is 2.05. The normalized spacial score (nSPS) is 16.8. The number of carbonyl (C=O) groups excluding carboxylic acids is 1. The Balaban J connectivity index is 1.79. The van der Waals surface area contributed by atoms with E-state index < -0.39 is 0 Å². The smallest absolute Gasteiger partial charge is 0.234 e. The third-order valence-electron chi connectivity index (χ3n) is 2.97. The van der Waals surface area contributed by atoms with Crippen molar-refractivity contribution in [2.75, 3.05) is 17.2 Å². The number of para-hydroxylation sites is 1. The monoisotopic (exact) mass is 240 g/mol. The van der Waals surface area contributed by atoms with Gasteiger partial charge in [0.05, 0.1) is 5.92 Å². The average Bonchev–Trinajstić information content (AvgIpc) is 2.84. The van der Waals surface area contributed by atoms with Gasteiger partial charge in [0.25, 0.3) is 0 Å². The highest BCUT2D eigenvalue weighted by Crippen LogP contribution is 2.31. The van der Waals surface area contributed by atoms with Crippen molar-refractivity contribution < 1.29 is 4.79 Å². The van der Waals surface area contributed by atoms with Gasteiger partial charge in [-0.1, -0.05) is 18.2 Å². The fourth-order valence-electron chi connectivity index (χ4n) is 2.10. The molecule has 1 unspecified atom stereocenters. The van der Waals surface area contributed by atoms with Gasteiger partial charge in [-0.3, -0.25) is 4.79 Å². The van der Waals surface area contributed by atoms with Gasteiger partial charge in [0.15, 0.2) is 5.82 Å². The zero-order valence-corrected chi connectivity index (χ0v) is 9.63. The van der Waals surface area contributed by atoms with E-state index in [1.165, 1.54) is 0 Å². The van der Waals surface area contributed by atoms with Crippen molar-refractivity contribution >= 4 is 17.4 Å². The van der Waals surface area contributed by atoms with Crippen LogP contribution in [0.25, 0.3) is 0 Å². The lowest BCUT2D eigenvalue weighted by atomic mass is 10.0. The zero-order chi connectivity index (χ0) is 12.4. The molecule has 1 amide bonds. The highest BCUT2D eigenvalue weighted by Gasteiger charge is 2.28. The molecule has 90 valence electrons. The van der Waals surface area contributed by atoms with Crippen LogP contribution in [0.1, 0.15) is 11.5 Å². The maximum absolute atomic E-state index is 12.2. The van der Waals surface area contributed by atoms with Crippen molar-refractivity contribution in [1.82, 2.24) is 10.2 Å². The third-order valence-corrected chi connectivity index (χ3v) is 2.97. The molecule has 2 aromatic rings. The number of aromatic nitrogens is 2. The van der Waals surface area contributed by atoms with Crippen LogP contribution in [0.5, 0.6) is 0 Å². The Morgan fingerprint density at radius 2 is 2.17 bits per heavy atom. The highest BCUT2D eigenvalue weighted by molar-refractivity contribution is 5.97. The van der Waals surface area contributed by atoms with Gasteiger partial charge in [0.1, 0.15) is 0 Å². The number of carbonyl (C=O) groups is 1. The zero-order valence-electron chi connectivity index (χ0n) is 9.63. The fraction of sp³-hybridized carbons (Fsp3) is 0.154. The van der Waals surface area contributed by atoms with Gasteiger partial charge < -0.3 is 10.6 Å². The summed E-state index contributed by atoms with van der Waals surface area (Å²) in [5.74, 6) is 0.239. The Kier molecular flexibility index (Phi) is 2.64. The second kappa shape index (κ2) is 4.44. The molecule has 18 heavy (non-hydrogen) atoms. The van der Waals surface area contributed by atoms with E-state index in [9.17, 15) is 4.79 Å². The van der Waals surface area contributed by atoms with Gasteiger partial charge in [-0.25, -0.2) is 0 Å². The van der Waals surface area contributed by atoms with E-state index >= 15 is 0 Å². The quantitative estimate of drug-likeness (QED) is 0.837. The predicted molar refractivity (Wildman–Crippen MR) is 68.3 cm³/mol. The number of nitrogens with one attached hydrogen (secondary N) is 2. The minimum absolute atomic E-state index is 0.0621. The molecular weight excluding hydrogens is 228 g/mol. The van der Waals surface area contributed by atoms with Crippen molar-refractivity contribution in [2.45, 2.75) is 5.92 Å². The topological polar surface area (TPSA) is 66.9 Å². The van der Waals surface area contributed by atoms with Crippen molar-refractivity contribution in [3.63, 3.8) is 0 Å². The second-order valence-corrected chi connectivity index (χ2v) is 4.12. The predicted octanol–water partition coefficient (Wildman–Crippen LogP) is 1.62. The number of rotatable bonds is 2. The van der Waals surface area contributed by atoms with Crippen LogP contribution in [0.2, 0.25) is 0 Å². The van der Waals surface area contributed by atoms with Crippen LogP contribution in [-0.2, 0) is 4.79 Å². The molecule has 0 spiro atoms. The van der Waals surface area contributed by atoms with Gasteiger partial charge in [0.2, 0.25) is 5.91 Å². The Labute approximate surface area is 104 Å². The van der Waals surface area contributed by atoms with Gasteiger partial charge in [0, 0.05) is 18.4 Å². The average molecular weight is 240 g/mol. The number of anilines is 2. The summed E-state index contributed by atoms with van der Waals surface area (Å²) < 4.78 is 0. The summed E-state index contributed by atoms with van der Waals surface area (Å²) in [6.07, 6.45) is 1.57. The minimum atomic E-state index is -0.178. The third kappa shape index (κ3) is 1.90. The number of fused-ring (bicyclic) bond motifs is 1. The van der Waals surface area contributed by atoms with Crippen molar-refractivity contribution in [2.24, 2.45) is 0 Å². The number of amides is 1. The van der Waals surface area contributed by atoms with Crippen molar-refractivity contribution in [3.05, 3.63) is 48.2 Å². The minimum Gasteiger partial charge on any atom is -0.384 e. The molecule has 1 aliphatic heterocycles. The summed E-state index contributed by atoms with van der Waals surface area (Å²) in [6.45, 7) is 0.617. The van der Waals surface area contributed by atoms with E-state index in [0.29, 0.717) is 12.4 Å². The summed E-state index contributed by atoms with van der Waals surface area (Å²) in [4.78, 5) is 12.2. The molecular formula is C13H12N4O. The van der Waals surface area contributed by atoms with E-state index in [4.69, 9.17) is 0 Å². The Morgan fingerprint density at radius 1 is 1.28 bits per heavy atom. The Bertz CT molecular complexity index is 570. The summed E-state index contributed by atoms with van der Waals surface area (Å²) in [6, 6.07) is 11.3. The lowest BCUT2D eigenvalue weighted by Gasteiger charge is -2.09. The summed E-state index contributed by atoms with van der Waals surface area (Å²) >= 11 is 0. The van der Waals surface area contributed by atoms with Crippen LogP contribution >= 0.6 is 0 Å². The van der Waals surface area contributed by atoms with Gasteiger partial charge in [-0.15, -0.1) is 5.10 Å². The summed E-state index contributed by atoms with van der Waals surface area (Å²) in [7, 11) is 0. The highest BCUT2D eigenvalue weighted by atomic mass is 16.2. The molecule has 3 rings (SSSR count). The first kappa shape index (κ1) is 10.7. The van der Waals surface area contributed by atoms with Crippen LogP contribution in [0.15, 0.2) is 42.6 Å². The van der Waals surface area contributed by atoms with E-state index in [1.807, 2.05) is 24.3 Å². The Hall–Kier alpha value is -2.43. The lowest BCUT2D eigenvalue weighted by Crippen LogP contribution is -2.23. The molecule has 1 aromatic heterocycles. The van der Waals surface area contributed by atoms with E-state index in [2.05, 4.69) is 20.8 Å². The first-order valence-electron chi connectivity index (χ1n) is 5.76. The molecule has 1 aliphatic rings. The maximum Gasteiger partial charge on any atom is 0.234 e. The van der Waals surface area contributed by atoms with Crippen LogP contribution in [-0.4, -0.2) is 22.6 Å². The molecule has 0 saturated heterocycles. The second-order valence-electron chi connectivity index (χ2n) is 4.12. The molecule has 0 bridgehead atoms. The van der Waals surface area contributed by atoms with Crippen molar-refractivity contribution in [3.8, 4) is 0 Å². The van der Waals surface area contributed by atoms with Crippen LogP contribution < -0.4 is 10.6 Å². The molecule has 5 heteroatoms. The number of hydrogen-bond donors (Lipinski definition) is 2. The first-order chi connectivity index (χ1) is 8.84. The molecule has 0 aliphatic carbocycles. The molecule has 0 radical (unpaired) electrons. The number of nitrogens with zero attached hydrogens (tertiary/aromatic N) is 2. The first-order valence-corrected chi connectivity index (χ1v) is 5.76. The van der Waals surface area contributed by atoms with Gasteiger partial charge in [-0.2, -0.15) is 5.10 Å². The SMILES string of the molecule is O=C(Nc1cccnn1)C1CNc2ccccc21.